The number of hydrogen-bond donors (Lipinski definition) is 2. The molecule has 0 bridgehead atoms. The average molecular weight is 312 g/mol. The number of fused-ring (bicyclic) bond motifs is 1. The van der Waals surface area contributed by atoms with Crippen molar-refractivity contribution in [3.63, 3.8) is 0 Å². The van der Waals surface area contributed by atoms with E-state index < -0.39 is 0 Å². The van der Waals surface area contributed by atoms with Gasteiger partial charge in [0.15, 0.2) is 0 Å². The van der Waals surface area contributed by atoms with Crippen molar-refractivity contribution in [1.29, 1.82) is 0 Å². The molecule has 1 fully saturated rings. The second kappa shape index (κ2) is 6.99. The molecule has 1 heterocycles. The third kappa shape index (κ3) is 4.01. The van der Waals surface area contributed by atoms with Gasteiger partial charge >= 0.3 is 0 Å². The van der Waals surface area contributed by atoms with Crippen LogP contribution in [0.25, 0.3) is 10.9 Å². The molecule has 0 aliphatic heterocycles. The van der Waals surface area contributed by atoms with E-state index in [4.69, 9.17) is 0 Å². The minimum atomic E-state index is -0.0443. The van der Waals surface area contributed by atoms with Crippen LogP contribution in [0.4, 0.5) is 0 Å². The first-order chi connectivity index (χ1) is 11.1. The first-order valence-corrected chi connectivity index (χ1v) is 8.54. The maximum Gasteiger partial charge on any atom is 0.251 e. The summed E-state index contributed by atoms with van der Waals surface area (Å²) in [6, 6.07) is 8.25. The van der Waals surface area contributed by atoms with Gasteiger partial charge in [0, 0.05) is 23.5 Å². The fraction of sp³-hybridized carbons (Fsp3) is 0.474. The number of nitrogens with one attached hydrogen (secondary N) is 2. The monoisotopic (exact) mass is 312 g/mol. The molecule has 122 valence electrons. The van der Waals surface area contributed by atoms with Gasteiger partial charge in [0.1, 0.15) is 0 Å². The Morgan fingerprint density at radius 3 is 2.78 bits per heavy atom. The van der Waals surface area contributed by atoms with Gasteiger partial charge in [-0.3, -0.25) is 9.59 Å². The van der Waals surface area contributed by atoms with Gasteiger partial charge in [0.25, 0.3) is 5.56 Å². The Labute approximate surface area is 136 Å². The van der Waals surface area contributed by atoms with Gasteiger partial charge < -0.3 is 10.3 Å². The van der Waals surface area contributed by atoms with Crippen molar-refractivity contribution in [2.75, 3.05) is 0 Å². The molecule has 1 aromatic carbocycles. The molecule has 2 aromatic rings. The molecule has 0 radical (unpaired) electrons. The predicted octanol–water partition coefficient (Wildman–Crippen LogP) is 3.22. The van der Waals surface area contributed by atoms with Gasteiger partial charge in [-0.05, 0) is 55.3 Å². The van der Waals surface area contributed by atoms with Crippen molar-refractivity contribution in [3.05, 3.63) is 45.7 Å². The van der Waals surface area contributed by atoms with Crippen molar-refractivity contribution in [1.82, 2.24) is 10.3 Å². The average Bonchev–Trinajstić information content (AvgIpc) is 2.55. The van der Waals surface area contributed by atoms with Crippen molar-refractivity contribution in [2.45, 2.75) is 57.9 Å². The molecule has 0 atom stereocenters. The highest BCUT2D eigenvalue weighted by Gasteiger charge is 2.15. The van der Waals surface area contributed by atoms with Crippen molar-refractivity contribution < 1.29 is 4.79 Å². The van der Waals surface area contributed by atoms with E-state index >= 15 is 0 Å². The standard InChI is InChI=1S/C19H24N2O2/c1-13-11-15-12-14(7-9-17(15)21-19(13)23)8-10-18(22)20-16-5-3-2-4-6-16/h7,9,11-12,16H,2-6,8,10H2,1H3,(H,20,22)(H,21,23). The number of H-pyrrole nitrogens is 1. The SMILES string of the molecule is Cc1cc2cc(CCC(=O)NC3CCCCC3)ccc2[nH]c1=O. The van der Waals surface area contributed by atoms with Crippen LogP contribution in [-0.2, 0) is 11.2 Å². The molecule has 4 nitrogen and oxygen atoms in total. The van der Waals surface area contributed by atoms with Crippen molar-refractivity contribution >= 4 is 16.8 Å². The number of aromatic amines is 1. The zero-order chi connectivity index (χ0) is 16.2. The molecule has 23 heavy (non-hydrogen) atoms. The zero-order valence-electron chi connectivity index (χ0n) is 13.7. The highest BCUT2D eigenvalue weighted by atomic mass is 16.1. The summed E-state index contributed by atoms with van der Waals surface area (Å²) in [6.07, 6.45) is 7.24. The van der Waals surface area contributed by atoms with Crippen LogP contribution in [0.15, 0.2) is 29.1 Å². The second-order valence-corrected chi connectivity index (χ2v) is 6.61. The summed E-state index contributed by atoms with van der Waals surface area (Å²) >= 11 is 0. The molecule has 1 saturated carbocycles. The highest BCUT2D eigenvalue weighted by molar-refractivity contribution is 5.80. The molecule has 1 amide bonds. The molecule has 4 heteroatoms. The Balaban J connectivity index is 1.61. The number of rotatable bonds is 4. The summed E-state index contributed by atoms with van der Waals surface area (Å²) in [7, 11) is 0. The number of benzene rings is 1. The van der Waals surface area contributed by atoms with E-state index in [-0.39, 0.29) is 11.5 Å². The summed E-state index contributed by atoms with van der Waals surface area (Å²) in [5.74, 6) is 0.148. The molecule has 1 aromatic heterocycles. The Hall–Kier alpha value is -2.10. The fourth-order valence-electron chi connectivity index (χ4n) is 3.33. The number of pyridine rings is 1. The molecule has 0 unspecified atom stereocenters. The summed E-state index contributed by atoms with van der Waals surface area (Å²) in [6.45, 7) is 1.81. The first-order valence-electron chi connectivity index (χ1n) is 8.54. The van der Waals surface area contributed by atoms with Crippen LogP contribution in [0.1, 0.15) is 49.7 Å². The molecule has 0 spiro atoms. The summed E-state index contributed by atoms with van der Waals surface area (Å²) in [5, 5.41) is 4.18. The van der Waals surface area contributed by atoms with Gasteiger partial charge in [-0.2, -0.15) is 0 Å². The van der Waals surface area contributed by atoms with Crippen LogP contribution in [-0.4, -0.2) is 16.9 Å². The molecule has 3 rings (SSSR count). The minimum Gasteiger partial charge on any atom is -0.353 e. The Morgan fingerprint density at radius 1 is 1.22 bits per heavy atom. The van der Waals surface area contributed by atoms with E-state index in [0.717, 1.165) is 35.7 Å². The Morgan fingerprint density at radius 2 is 2.00 bits per heavy atom. The van der Waals surface area contributed by atoms with Crippen molar-refractivity contribution in [2.24, 2.45) is 0 Å². The van der Waals surface area contributed by atoms with Gasteiger partial charge in [-0.25, -0.2) is 0 Å². The Bertz CT molecular complexity index is 758. The molecular weight excluding hydrogens is 288 g/mol. The number of aryl methyl sites for hydroxylation is 2. The van der Waals surface area contributed by atoms with Gasteiger partial charge in [-0.1, -0.05) is 25.3 Å². The van der Waals surface area contributed by atoms with E-state index in [1.807, 2.05) is 25.1 Å². The van der Waals surface area contributed by atoms with E-state index in [9.17, 15) is 9.59 Å². The number of aromatic nitrogens is 1. The van der Waals surface area contributed by atoms with Crippen molar-refractivity contribution in [3.8, 4) is 0 Å². The topological polar surface area (TPSA) is 62.0 Å². The lowest BCUT2D eigenvalue weighted by molar-refractivity contribution is -0.121. The maximum atomic E-state index is 12.1. The number of carbonyl (C=O) groups is 1. The van der Waals surface area contributed by atoms with Gasteiger partial charge in [0.05, 0.1) is 0 Å². The second-order valence-electron chi connectivity index (χ2n) is 6.61. The van der Waals surface area contributed by atoms with Crippen LogP contribution in [0, 0.1) is 6.92 Å². The molecule has 1 aliphatic carbocycles. The summed E-state index contributed by atoms with van der Waals surface area (Å²) in [4.78, 5) is 26.6. The third-order valence-electron chi connectivity index (χ3n) is 4.71. The van der Waals surface area contributed by atoms with Crippen LogP contribution < -0.4 is 10.9 Å². The minimum absolute atomic E-state index is 0.0443. The quantitative estimate of drug-likeness (QED) is 0.910. The van der Waals surface area contributed by atoms with E-state index in [0.29, 0.717) is 18.0 Å². The first kappa shape index (κ1) is 15.8. The number of carbonyl (C=O) groups excluding carboxylic acids is 1. The van der Waals surface area contributed by atoms with E-state index in [1.165, 1.54) is 19.3 Å². The van der Waals surface area contributed by atoms with Crippen LogP contribution in [0.5, 0.6) is 0 Å². The van der Waals surface area contributed by atoms with Gasteiger partial charge in [0.2, 0.25) is 5.91 Å². The maximum absolute atomic E-state index is 12.1. The molecule has 1 aliphatic rings. The van der Waals surface area contributed by atoms with Crippen LogP contribution in [0.2, 0.25) is 0 Å². The number of hydrogen-bond acceptors (Lipinski definition) is 2. The third-order valence-corrected chi connectivity index (χ3v) is 4.71. The molecule has 2 N–H and O–H groups in total. The lowest BCUT2D eigenvalue weighted by Gasteiger charge is -2.22. The molecular formula is C19H24N2O2. The molecule has 0 saturated heterocycles. The summed E-state index contributed by atoms with van der Waals surface area (Å²) < 4.78 is 0. The smallest absolute Gasteiger partial charge is 0.251 e. The fourth-order valence-corrected chi connectivity index (χ4v) is 3.33. The van der Waals surface area contributed by atoms with Crippen LogP contribution >= 0.6 is 0 Å². The largest absolute Gasteiger partial charge is 0.353 e. The van der Waals surface area contributed by atoms with E-state index in [1.54, 1.807) is 0 Å². The van der Waals surface area contributed by atoms with Gasteiger partial charge in [-0.15, -0.1) is 0 Å². The Kier molecular flexibility index (Phi) is 4.79. The lowest BCUT2D eigenvalue weighted by atomic mass is 9.95. The normalized spacial score (nSPS) is 15.7. The predicted molar refractivity (Wildman–Crippen MR) is 92.6 cm³/mol. The van der Waals surface area contributed by atoms with E-state index in [2.05, 4.69) is 16.4 Å². The lowest BCUT2D eigenvalue weighted by Crippen LogP contribution is -2.36. The van der Waals surface area contributed by atoms with Crippen LogP contribution in [0.3, 0.4) is 0 Å². The number of amides is 1. The summed E-state index contributed by atoms with van der Waals surface area (Å²) in [5.41, 5.74) is 2.64. The zero-order valence-corrected chi connectivity index (χ0v) is 13.7. The highest BCUT2D eigenvalue weighted by Crippen LogP contribution is 2.18.